The Balaban J connectivity index is 1.62. The molecule has 0 aromatic carbocycles. The molecule has 25 heavy (non-hydrogen) atoms. The minimum absolute atomic E-state index is 0.00840. The summed E-state index contributed by atoms with van der Waals surface area (Å²) >= 11 is 0. The van der Waals surface area contributed by atoms with E-state index < -0.39 is 5.97 Å². The number of aromatic nitrogens is 2. The molecule has 0 radical (unpaired) electrons. The Morgan fingerprint density at radius 2 is 1.96 bits per heavy atom. The Morgan fingerprint density at radius 1 is 1.28 bits per heavy atom. The lowest BCUT2D eigenvalue weighted by Gasteiger charge is -2.03. The molecule has 7 nitrogen and oxygen atoms in total. The molecule has 0 spiro atoms. The molecule has 134 valence electrons. The first-order valence-corrected chi connectivity index (χ1v) is 8.17. The maximum atomic E-state index is 12.5. The van der Waals surface area contributed by atoms with Gasteiger partial charge in [-0.05, 0) is 23.0 Å². The number of carbonyl (C=O) groups excluding carboxylic acids is 2. The molecule has 3 rings (SSSR count). The molecule has 1 aliphatic carbocycles. The number of carbonyl (C=O) groups is 2. The Kier molecular flexibility index (Phi) is 3.97. The molecule has 2 aromatic heterocycles. The van der Waals surface area contributed by atoms with Gasteiger partial charge in [0, 0.05) is 12.1 Å². The van der Waals surface area contributed by atoms with Gasteiger partial charge in [-0.15, -0.1) is 0 Å². The van der Waals surface area contributed by atoms with Gasteiger partial charge in [-0.1, -0.05) is 27.7 Å². The predicted octanol–water partition coefficient (Wildman–Crippen LogP) is 2.93. The van der Waals surface area contributed by atoms with Gasteiger partial charge in [0.05, 0.1) is 25.5 Å². The lowest BCUT2D eigenvalue weighted by Crippen LogP contribution is -2.17. The van der Waals surface area contributed by atoms with E-state index in [-0.39, 0.29) is 28.4 Å². The molecule has 2 aromatic rings. The topological polar surface area (TPSA) is 86.4 Å². The molecule has 7 heteroatoms. The summed E-state index contributed by atoms with van der Waals surface area (Å²) in [7, 11) is 1.30. The molecule has 1 aliphatic rings. The van der Waals surface area contributed by atoms with Crippen LogP contribution in [0.25, 0.3) is 0 Å². The summed E-state index contributed by atoms with van der Waals surface area (Å²) in [6.07, 6.45) is 3.34. The number of nitrogens with one attached hydrogen (secondary N) is 1. The Morgan fingerprint density at radius 3 is 2.56 bits per heavy atom. The van der Waals surface area contributed by atoms with E-state index in [1.165, 1.54) is 7.11 Å². The molecule has 0 atom stereocenters. The zero-order valence-corrected chi connectivity index (χ0v) is 15.1. The van der Waals surface area contributed by atoms with Crippen molar-refractivity contribution in [2.45, 2.75) is 34.2 Å². The number of furan rings is 1. The number of rotatable bonds is 5. The van der Waals surface area contributed by atoms with Crippen molar-refractivity contribution in [3.05, 3.63) is 36.0 Å². The maximum Gasteiger partial charge on any atom is 0.373 e. The quantitative estimate of drug-likeness (QED) is 0.842. The van der Waals surface area contributed by atoms with E-state index in [1.807, 2.05) is 0 Å². The first-order chi connectivity index (χ1) is 11.7. The van der Waals surface area contributed by atoms with Crippen LogP contribution in [0.3, 0.4) is 0 Å². The van der Waals surface area contributed by atoms with E-state index in [0.29, 0.717) is 18.0 Å². The number of ether oxygens (including phenoxy) is 1. The third-order valence-electron chi connectivity index (χ3n) is 5.55. The normalized spacial score (nSPS) is 18.0. The summed E-state index contributed by atoms with van der Waals surface area (Å²) in [6, 6.07) is 3.26. The van der Waals surface area contributed by atoms with E-state index in [9.17, 15) is 9.59 Å². The summed E-state index contributed by atoms with van der Waals surface area (Å²) in [5.41, 5.74) is 0.625. The fourth-order valence-electron chi connectivity index (χ4n) is 3.41. The van der Waals surface area contributed by atoms with Crippen molar-refractivity contribution in [2.24, 2.45) is 16.7 Å². The minimum Gasteiger partial charge on any atom is -0.463 e. The van der Waals surface area contributed by atoms with Gasteiger partial charge in [0.15, 0.2) is 0 Å². The van der Waals surface area contributed by atoms with E-state index in [2.05, 4.69) is 42.8 Å². The second-order valence-electron chi connectivity index (χ2n) is 7.55. The average Bonchev–Trinajstić information content (AvgIpc) is 2.98. The molecule has 0 saturated heterocycles. The SMILES string of the molecule is COC(=O)c1ccc(Cn2cc(NC(=O)C3C(C)(C)C3(C)C)cn2)o1. The molecular weight excluding hydrogens is 322 g/mol. The standard InChI is InChI=1S/C18H23N3O4/c1-17(2)14(18(17,3)4)15(22)20-11-8-19-21(9-11)10-12-6-7-13(25-12)16(23)24-5/h6-9,14H,10H2,1-5H3,(H,20,22). The third kappa shape index (κ3) is 2.94. The molecule has 1 fully saturated rings. The van der Waals surface area contributed by atoms with Gasteiger partial charge in [0.1, 0.15) is 5.76 Å². The monoisotopic (exact) mass is 345 g/mol. The number of methoxy groups -OCH3 is 1. The highest BCUT2D eigenvalue weighted by Crippen LogP contribution is 2.68. The Labute approximate surface area is 146 Å². The fourth-order valence-corrected chi connectivity index (χ4v) is 3.41. The van der Waals surface area contributed by atoms with Crippen LogP contribution in [0.15, 0.2) is 28.9 Å². The van der Waals surface area contributed by atoms with Crippen LogP contribution in [0.4, 0.5) is 5.69 Å². The zero-order chi connectivity index (χ0) is 18.4. The van der Waals surface area contributed by atoms with Crippen molar-refractivity contribution in [1.29, 1.82) is 0 Å². The van der Waals surface area contributed by atoms with Crippen LogP contribution < -0.4 is 5.32 Å². The highest BCUT2D eigenvalue weighted by atomic mass is 16.5. The second kappa shape index (κ2) is 5.75. The number of hydrogen-bond donors (Lipinski definition) is 1. The van der Waals surface area contributed by atoms with Gasteiger partial charge in [-0.2, -0.15) is 5.10 Å². The number of hydrogen-bond acceptors (Lipinski definition) is 5. The molecule has 2 heterocycles. The molecule has 1 N–H and O–H groups in total. The van der Waals surface area contributed by atoms with Gasteiger partial charge >= 0.3 is 5.97 Å². The average molecular weight is 345 g/mol. The smallest absolute Gasteiger partial charge is 0.373 e. The molecule has 1 saturated carbocycles. The lowest BCUT2D eigenvalue weighted by molar-refractivity contribution is -0.118. The van der Waals surface area contributed by atoms with Crippen LogP contribution in [0.5, 0.6) is 0 Å². The molecule has 0 bridgehead atoms. The van der Waals surface area contributed by atoms with Crippen molar-refractivity contribution in [3.63, 3.8) is 0 Å². The van der Waals surface area contributed by atoms with E-state index >= 15 is 0 Å². The fraction of sp³-hybridized carbons (Fsp3) is 0.500. The van der Waals surface area contributed by atoms with Gasteiger partial charge in [-0.3, -0.25) is 9.48 Å². The van der Waals surface area contributed by atoms with E-state index in [1.54, 1.807) is 29.2 Å². The first-order valence-electron chi connectivity index (χ1n) is 8.17. The van der Waals surface area contributed by atoms with Crippen molar-refractivity contribution in [3.8, 4) is 0 Å². The van der Waals surface area contributed by atoms with Gasteiger partial charge in [0.2, 0.25) is 11.7 Å². The van der Waals surface area contributed by atoms with E-state index in [0.717, 1.165) is 0 Å². The van der Waals surface area contributed by atoms with Crippen LogP contribution in [0.1, 0.15) is 44.0 Å². The predicted molar refractivity (Wildman–Crippen MR) is 91.1 cm³/mol. The summed E-state index contributed by atoms with van der Waals surface area (Å²) in [5, 5.41) is 7.14. The number of nitrogens with zero attached hydrogens (tertiary/aromatic N) is 2. The van der Waals surface area contributed by atoms with Gasteiger partial charge in [-0.25, -0.2) is 4.79 Å². The minimum atomic E-state index is -0.519. The molecule has 1 amide bonds. The number of esters is 1. The van der Waals surface area contributed by atoms with Crippen molar-refractivity contribution in [2.75, 3.05) is 12.4 Å². The maximum absolute atomic E-state index is 12.5. The molecule has 0 aliphatic heterocycles. The first kappa shape index (κ1) is 17.3. The molecular formula is C18H23N3O4. The highest BCUT2D eigenvalue weighted by Gasteiger charge is 2.68. The Hall–Kier alpha value is -2.57. The van der Waals surface area contributed by atoms with Crippen LogP contribution in [-0.2, 0) is 16.1 Å². The van der Waals surface area contributed by atoms with Crippen molar-refractivity contribution < 1.29 is 18.7 Å². The highest BCUT2D eigenvalue weighted by molar-refractivity contribution is 5.95. The molecule has 0 unspecified atom stereocenters. The largest absolute Gasteiger partial charge is 0.463 e. The zero-order valence-electron chi connectivity index (χ0n) is 15.1. The lowest BCUT2D eigenvalue weighted by atomic mass is 10.0. The van der Waals surface area contributed by atoms with E-state index in [4.69, 9.17) is 4.42 Å². The number of amides is 1. The van der Waals surface area contributed by atoms with Crippen LogP contribution in [0.2, 0.25) is 0 Å². The van der Waals surface area contributed by atoms with Crippen LogP contribution in [-0.4, -0.2) is 28.8 Å². The van der Waals surface area contributed by atoms with Crippen molar-refractivity contribution in [1.82, 2.24) is 9.78 Å². The van der Waals surface area contributed by atoms with Crippen LogP contribution in [0, 0.1) is 16.7 Å². The summed E-state index contributed by atoms with van der Waals surface area (Å²) < 4.78 is 11.7. The summed E-state index contributed by atoms with van der Waals surface area (Å²) in [6.45, 7) is 8.78. The summed E-state index contributed by atoms with van der Waals surface area (Å²) in [5.74, 6) is 0.202. The van der Waals surface area contributed by atoms with Crippen LogP contribution >= 0.6 is 0 Å². The Bertz CT molecular complexity index is 802. The van der Waals surface area contributed by atoms with Gasteiger partial charge in [0.25, 0.3) is 0 Å². The number of anilines is 1. The second-order valence-corrected chi connectivity index (χ2v) is 7.55. The van der Waals surface area contributed by atoms with Crippen molar-refractivity contribution >= 4 is 17.6 Å². The van der Waals surface area contributed by atoms with Gasteiger partial charge < -0.3 is 14.5 Å². The third-order valence-corrected chi connectivity index (χ3v) is 5.55. The summed E-state index contributed by atoms with van der Waals surface area (Å²) in [4.78, 5) is 23.9.